The third kappa shape index (κ3) is 4.20. The molecule has 1 aliphatic heterocycles. The maximum absolute atomic E-state index is 12.0. The van der Waals surface area contributed by atoms with E-state index < -0.39 is 6.04 Å². The van der Waals surface area contributed by atoms with Crippen molar-refractivity contribution in [3.63, 3.8) is 0 Å². The second-order valence-electron chi connectivity index (χ2n) is 4.72. The summed E-state index contributed by atoms with van der Waals surface area (Å²) in [6.45, 7) is 6.35. The summed E-state index contributed by atoms with van der Waals surface area (Å²) in [5.41, 5.74) is 5.77. The molecule has 2 N–H and O–H groups in total. The van der Waals surface area contributed by atoms with Crippen molar-refractivity contribution in [2.75, 3.05) is 53.6 Å². The molecule has 0 radical (unpaired) electrons. The summed E-state index contributed by atoms with van der Waals surface area (Å²) in [5, 5.41) is 0. The van der Waals surface area contributed by atoms with E-state index in [0.717, 1.165) is 32.8 Å². The molecule has 0 aliphatic carbocycles. The Bertz CT molecular complexity index is 263. The van der Waals surface area contributed by atoms with Gasteiger partial charge < -0.3 is 20.1 Å². The predicted octanol–water partition coefficient (Wildman–Crippen LogP) is -0.861. The van der Waals surface area contributed by atoms with Crippen molar-refractivity contribution in [3.05, 3.63) is 0 Å². The molecule has 1 amide bonds. The van der Waals surface area contributed by atoms with Crippen LogP contribution in [0.2, 0.25) is 0 Å². The van der Waals surface area contributed by atoms with Gasteiger partial charge in [0.25, 0.3) is 0 Å². The van der Waals surface area contributed by atoms with Crippen LogP contribution in [0.4, 0.5) is 0 Å². The number of rotatable bonds is 6. The van der Waals surface area contributed by atoms with Crippen LogP contribution in [0.15, 0.2) is 0 Å². The van der Waals surface area contributed by atoms with E-state index in [4.69, 9.17) is 15.2 Å². The minimum atomic E-state index is -0.548. The first kappa shape index (κ1) is 15.4. The molecule has 106 valence electrons. The standard InChI is InChI=1S/C12H25N3O3/c1-10-8-15(12(16)11(13)9-18-3)5-4-14(10)6-7-17-2/h10-11H,4-9,13H2,1-3H3. The highest BCUT2D eigenvalue weighted by Gasteiger charge is 2.28. The highest BCUT2D eigenvalue weighted by Crippen LogP contribution is 2.10. The summed E-state index contributed by atoms with van der Waals surface area (Å²) >= 11 is 0. The van der Waals surface area contributed by atoms with Gasteiger partial charge in [0.05, 0.1) is 13.2 Å². The van der Waals surface area contributed by atoms with E-state index in [9.17, 15) is 4.79 Å². The molecule has 0 saturated carbocycles. The maximum Gasteiger partial charge on any atom is 0.241 e. The topological polar surface area (TPSA) is 68.0 Å². The molecule has 2 unspecified atom stereocenters. The Morgan fingerprint density at radius 1 is 1.39 bits per heavy atom. The van der Waals surface area contributed by atoms with Gasteiger partial charge in [0.2, 0.25) is 5.91 Å². The molecular formula is C12H25N3O3. The second-order valence-corrected chi connectivity index (χ2v) is 4.72. The minimum Gasteiger partial charge on any atom is -0.383 e. The summed E-state index contributed by atoms with van der Waals surface area (Å²) in [6, 6.07) is -0.208. The first-order valence-corrected chi connectivity index (χ1v) is 6.36. The third-order valence-electron chi connectivity index (χ3n) is 3.32. The van der Waals surface area contributed by atoms with Gasteiger partial charge in [0.1, 0.15) is 6.04 Å². The van der Waals surface area contributed by atoms with Gasteiger partial charge in [-0.05, 0) is 6.92 Å². The lowest BCUT2D eigenvalue weighted by molar-refractivity contribution is -0.136. The Balaban J connectivity index is 2.42. The maximum atomic E-state index is 12.0. The molecule has 1 saturated heterocycles. The zero-order valence-electron chi connectivity index (χ0n) is 11.6. The van der Waals surface area contributed by atoms with Crippen LogP contribution in [0.3, 0.4) is 0 Å². The van der Waals surface area contributed by atoms with Crippen LogP contribution in [-0.2, 0) is 14.3 Å². The number of carbonyl (C=O) groups excluding carboxylic acids is 1. The van der Waals surface area contributed by atoms with Gasteiger partial charge in [-0.3, -0.25) is 9.69 Å². The monoisotopic (exact) mass is 259 g/mol. The van der Waals surface area contributed by atoms with Crippen molar-refractivity contribution in [1.82, 2.24) is 9.80 Å². The van der Waals surface area contributed by atoms with E-state index >= 15 is 0 Å². The van der Waals surface area contributed by atoms with Crippen LogP contribution in [0.1, 0.15) is 6.92 Å². The van der Waals surface area contributed by atoms with Crippen molar-refractivity contribution in [2.45, 2.75) is 19.0 Å². The molecule has 1 rings (SSSR count). The Morgan fingerprint density at radius 2 is 2.11 bits per heavy atom. The first-order valence-electron chi connectivity index (χ1n) is 6.36. The molecule has 0 aromatic heterocycles. The lowest BCUT2D eigenvalue weighted by Crippen LogP contribution is -2.57. The molecule has 0 aromatic rings. The molecule has 0 bridgehead atoms. The molecule has 2 atom stereocenters. The largest absolute Gasteiger partial charge is 0.383 e. The molecule has 6 heteroatoms. The number of piperazine rings is 1. The summed E-state index contributed by atoms with van der Waals surface area (Å²) in [6.07, 6.45) is 0. The van der Waals surface area contributed by atoms with Crippen LogP contribution < -0.4 is 5.73 Å². The van der Waals surface area contributed by atoms with Gasteiger partial charge in [-0.1, -0.05) is 0 Å². The molecule has 0 spiro atoms. The van der Waals surface area contributed by atoms with E-state index in [2.05, 4.69) is 11.8 Å². The van der Waals surface area contributed by atoms with Gasteiger partial charge in [0, 0.05) is 46.4 Å². The van der Waals surface area contributed by atoms with Gasteiger partial charge in [0.15, 0.2) is 0 Å². The average Bonchev–Trinajstić information content (AvgIpc) is 2.36. The van der Waals surface area contributed by atoms with Crippen molar-refractivity contribution >= 4 is 5.91 Å². The first-order chi connectivity index (χ1) is 8.60. The van der Waals surface area contributed by atoms with E-state index in [0.29, 0.717) is 6.04 Å². The van der Waals surface area contributed by atoms with Crippen LogP contribution in [0.25, 0.3) is 0 Å². The number of nitrogens with zero attached hydrogens (tertiary/aromatic N) is 2. The van der Waals surface area contributed by atoms with Gasteiger partial charge in [-0.15, -0.1) is 0 Å². The molecule has 18 heavy (non-hydrogen) atoms. The van der Waals surface area contributed by atoms with Gasteiger partial charge in [-0.25, -0.2) is 0 Å². The number of methoxy groups -OCH3 is 2. The number of hydrogen-bond acceptors (Lipinski definition) is 5. The SMILES string of the molecule is COCCN1CCN(C(=O)C(N)COC)CC1C. The molecule has 0 aromatic carbocycles. The van der Waals surface area contributed by atoms with Gasteiger partial charge in [-0.2, -0.15) is 0 Å². The lowest BCUT2D eigenvalue weighted by Gasteiger charge is -2.40. The Labute approximate surface area is 109 Å². The number of hydrogen-bond donors (Lipinski definition) is 1. The fourth-order valence-electron chi connectivity index (χ4n) is 2.22. The van der Waals surface area contributed by atoms with E-state index in [1.807, 2.05) is 4.90 Å². The van der Waals surface area contributed by atoms with Crippen LogP contribution in [0.5, 0.6) is 0 Å². The Kier molecular flexibility index (Phi) is 6.56. The average molecular weight is 259 g/mol. The molecule has 1 aliphatic rings. The van der Waals surface area contributed by atoms with E-state index in [-0.39, 0.29) is 12.5 Å². The lowest BCUT2D eigenvalue weighted by atomic mass is 10.1. The number of carbonyl (C=O) groups is 1. The van der Waals surface area contributed by atoms with Crippen LogP contribution in [0, 0.1) is 0 Å². The van der Waals surface area contributed by atoms with Crippen molar-refractivity contribution in [3.8, 4) is 0 Å². The summed E-state index contributed by atoms with van der Waals surface area (Å²) < 4.78 is 10.00. The van der Waals surface area contributed by atoms with Crippen molar-refractivity contribution < 1.29 is 14.3 Å². The number of ether oxygens (including phenoxy) is 2. The van der Waals surface area contributed by atoms with E-state index in [1.54, 1.807) is 14.2 Å². The Hall–Kier alpha value is -0.690. The fourth-order valence-corrected chi connectivity index (χ4v) is 2.22. The zero-order chi connectivity index (χ0) is 13.5. The Morgan fingerprint density at radius 3 is 2.67 bits per heavy atom. The second kappa shape index (κ2) is 7.68. The molecule has 6 nitrogen and oxygen atoms in total. The predicted molar refractivity (Wildman–Crippen MR) is 69.3 cm³/mol. The quantitative estimate of drug-likeness (QED) is 0.672. The van der Waals surface area contributed by atoms with E-state index in [1.165, 1.54) is 0 Å². The molecular weight excluding hydrogens is 234 g/mol. The molecule has 1 fully saturated rings. The normalized spacial score (nSPS) is 23.1. The van der Waals surface area contributed by atoms with Crippen LogP contribution >= 0.6 is 0 Å². The van der Waals surface area contributed by atoms with Crippen molar-refractivity contribution in [2.24, 2.45) is 5.73 Å². The minimum absolute atomic E-state index is 0.0184. The third-order valence-corrected chi connectivity index (χ3v) is 3.32. The van der Waals surface area contributed by atoms with Crippen molar-refractivity contribution in [1.29, 1.82) is 0 Å². The summed E-state index contributed by atoms with van der Waals surface area (Å²) in [5.74, 6) is -0.0184. The zero-order valence-corrected chi connectivity index (χ0v) is 11.6. The summed E-state index contributed by atoms with van der Waals surface area (Å²) in [4.78, 5) is 16.2. The smallest absolute Gasteiger partial charge is 0.241 e. The summed E-state index contributed by atoms with van der Waals surface area (Å²) in [7, 11) is 3.26. The number of amides is 1. The fraction of sp³-hybridized carbons (Fsp3) is 0.917. The molecule has 1 heterocycles. The van der Waals surface area contributed by atoms with Crippen LogP contribution in [-0.4, -0.2) is 81.4 Å². The highest BCUT2D eigenvalue weighted by atomic mass is 16.5. The van der Waals surface area contributed by atoms with Gasteiger partial charge >= 0.3 is 0 Å². The number of nitrogens with two attached hydrogens (primary N) is 1. The highest BCUT2D eigenvalue weighted by molar-refractivity contribution is 5.82.